The molecule has 1 aromatic carbocycles. The van der Waals surface area contributed by atoms with Gasteiger partial charge in [0.2, 0.25) is 5.91 Å². The molecule has 0 aliphatic carbocycles. The second kappa shape index (κ2) is 9.40. The van der Waals surface area contributed by atoms with Crippen LogP contribution < -0.4 is 14.8 Å². The summed E-state index contributed by atoms with van der Waals surface area (Å²) in [6.45, 7) is 3.45. The largest absolute Gasteiger partial charge is 0.486 e. The van der Waals surface area contributed by atoms with Crippen molar-refractivity contribution in [1.82, 2.24) is 5.32 Å². The third kappa shape index (κ3) is 5.75. The summed E-state index contributed by atoms with van der Waals surface area (Å²) in [5.41, 5.74) is 0.720. The highest BCUT2D eigenvalue weighted by atomic mass is 16.6. The zero-order valence-electron chi connectivity index (χ0n) is 13.8. The van der Waals surface area contributed by atoms with E-state index in [0.29, 0.717) is 31.1 Å². The fourth-order valence-electron chi connectivity index (χ4n) is 2.57. The Morgan fingerprint density at radius 3 is 2.70 bits per heavy atom. The number of aliphatic hydroxyl groups excluding tert-OH is 1. The van der Waals surface area contributed by atoms with Crippen LogP contribution in [0.4, 0.5) is 0 Å². The molecule has 2 N–H and O–H groups in total. The van der Waals surface area contributed by atoms with E-state index in [1.165, 1.54) is 19.3 Å². The second-order valence-electron chi connectivity index (χ2n) is 5.89. The standard InChI is InChI=1S/C18H27NO4/c1-2-3-4-5-6-7-18(21)19-13-15(20)14-8-9-16-17(12-14)23-11-10-22-16/h8-9,12,15,20H,2-7,10-11,13H2,1H3,(H,19,21)/t15-/m0/s1. The number of nitrogens with one attached hydrogen (secondary N) is 1. The number of hydrogen-bond donors (Lipinski definition) is 2. The highest BCUT2D eigenvalue weighted by molar-refractivity contribution is 5.75. The van der Waals surface area contributed by atoms with Crippen LogP contribution in [0.2, 0.25) is 0 Å². The quantitative estimate of drug-likeness (QED) is 0.686. The lowest BCUT2D eigenvalue weighted by Crippen LogP contribution is -2.28. The molecule has 0 spiro atoms. The molecule has 2 rings (SSSR count). The summed E-state index contributed by atoms with van der Waals surface area (Å²) >= 11 is 0. The molecule has 0 unspecified atom stereocenters. The van der Waals surface area contributed by atoms with Gasteiger partial charge in [0.05, 0.1) is 6.10 Å². The maximum atomic E-state index is 11.8. The number of rotatable bonds is 9. The summed E-state index contributed by atoms with van der Waals surface area (Å²) in [5.74, 6) is 1.34. The average Bonchev–Trinajstić information content (AvgIpc) is 2.59. The van der Waals surface area contributed by atoms with Gasteiger partial charge >= 0.3 is 0 Å². The van der Waals surface area contributed by atoms with E-state index in [4.69, 9.17) is 9.47 Å². The number of hydrogen-bond acceptors (Lipinski definition) is 4. The lowest BCUT2D eigenvalue weighted by Gasteiger charge is -2.20. The van der Waals surface area contributed by atoms with Crippen LogP contribution in [0.15, 0.2) is 18.2 Å². The second-order valence-corrected chi connectivity index (χ2v) is 5.89. The van der Waals surface area contributed by atoms with E-state index < -0.39 is 6.10 Å². The normalized spacial score (nSPS) is 14.3. The monoisotopic (exact) mass is 321 g/mol. The van der Waals surface area contributed by atoms with Crippen molar-refractivity contribution in [2.75, 3.05) is 19.8 Å². The van der Waals surface area contributed by atoms with Crippen LogP contribution in [-0.2, 0) is 4.79 Å². The van der Waals surface area contributed by atoms with Crippen molar-refractivity contribution < 1.29 is 19.4 Å². The first-order chi connectivity index (χ1) is 11.2. The van der Waals surface area contributed by atoms with Gasteiger partial charge in [-0.3, -0.25) is 4.79 Å². The minimum absolute atomic E-state index is 0.00177. The van der Waals surface area contributed by atoms with Crippen molar-refractivity contribution in [2.45, 2.75) is 51.6 Å². The molecule has 128 valence electrons. The third-order valence-electron chi connectivity index (χ3n) is 3.95. The molecule has 0 bridgehead atoms. The molecule has 1 aliphatic rings. The highest BCUT2D eigenvalue weighted by Crippen LogP contribution is 2.32. The summed E-state index contributed by atoms with van der Waals surface area (Å²) in [6.07, 6.45) is 5.40. The summed E-state index contributed by atoms with van der Waals surface area (Å²) in [7, 11) is 0. The van der Waals surface area contributed by atoms with Gasteiger partial charge in [-0.05, 0) is 24.1 Å². The average molecular weight is 321 g/mol. The van der Waals surface area contributed by atoms with Crippen LogP contribution in [0, 0.1) is 0 Å². The number of amides is 1. The number of fused-ring (bicyclic) bond motifs is 1. The minimum Gasteiger partial charge on any atom is -0.486 e. The first-order valence-electron chi connectivity index (χ1n) is 8.55. The first kappa shape index (κ1) is 17.6. The van der Waals surface area contributed by atoms with Crippen LogP contribution in [0.5, 0.6) is 11.5 Å². The Morgan fingerprint density at radius 1 is 1.17 bits per heavy atom. The molecule has 23 heavy (non-hydrogen) atoms. The van der Waals surface area contributed by atoms with Crippen LogP contribution >= 0.6 is 0 Å². The lowest BCUT2D eigenvalue weighted by molar-refractivity contribution is -0.121. The first-order valence-corrected chi connectivity index (χ1v) is 8.55. The van der Waals surface area contributed by atoms with Crippen molar-refractivity contribution in [3.63, 3.8) is 0 Å². The Balaban J connectivity index is 1.72. The summed E-state index contributed by atoms with van der Waals surface area (Å²) in [4.78, 5) is 11.8. The molecule has 1 heterocycles. The zero-order valence-corrected chi connectivity index (χ0v) is 13.8. The number of carbonyl (C=O) groups is 1. The number of ether oxygens (including phenoxy) is 2. The van der Waals surface area contributed by atoms with Crippen LogP contribution in [-0.4, -0.2) is 30.8 Å². The van der Waals surface area contributed by atoms with Gasteiger partial charge in [0.25, 0.3) is 0 Å². The Hall–Kier alpha value is -1.75. The summed E-state index contributed by atoms with van der Waals surface area (Å²) < 4.78 is 11.0. The van der Waals surface area contributed by atoms with Crippen LogP contribution in [0.1, 0.15) is 57.1 Å². The summed E-state index contributed by atoms with van der Waals surface area (Å²) in [5, 5.41) is 13.0. The van der Waals surface area contributed by atoms with Gasteiger partial charge in [0.15, 0.2) is 11.5 Å². The Kier molecular flexibility index (Phi) is 7.20. The molecule has 0 saturated heterocycles. The molecule has 0 fully saturated rings. The maximum absolute atomic E-state index is 11.8. The lowest BCUT2D eigenvalue weighted by atomic mass is 10.1. The van der Waals surface area contributed by atoms with Crippen molar-refractivity contribution in [1.29, 1.82) is 0 Å². The van der Waals surface area contributed by atoms with Gasteiger partial charge in [-0.2, -0.15) is 0 Å². The van der Waals surface area contributed by atoms with E-state index in [2.05, 4.69) is 12.2 Å². The molecule has 5 heteroatoms. The van der Waals surface area contributed by atoms with Crippen molar-refractivity contribution in [3.05, 3.63) is 23.8 Å². The van der Waals surface area contributed by atoms with Crippen LogP contribution in [0.3, 0.4) is 0 Å². The molecule has 1 aliphatic heterocycles. The highest BCUT2D eigenvalue weighted by Gasteiger charge is 2.15. The molecular weight excluding hydrogens is 294 g/mol. The zero-order chi connectivity index (χ0) is 16.5. The van der Waals surface area contributed by atoms with Gasteiger partial charge in [-0.1, -0.05) is 38.7 Å². The number of carbonyl (C=O) groups excluding carboxylic acids is 1. The fraction of sp³-hybridized carbons (Fsp3) is 0.611. The molecule has 0 radical (unpaired) electrons. The number of benzene rings is 1. The maximum Gasteiger partial charge on any atom is 0.220 e. The smallest absolute Gasteiger partial charge is 0.220 e. The predicted octanol–water partition coefficient (Wildman–Crippen LogP) is 2.97. The van der Waals surface area contributed by atoms with Gasteiger partial charge in [-0.15, -0.1) is 0 Å². The van der Waals surface area contributed by atoms with E-state index in [0.717, 1.165) is 18.4 Å². The molecule has 1 atom stereocenters. The van der Waals surface area contributed by atoms with Gasteiger partial charge in [0.1, 0.15) is 13.2 Å². The SMILES string of the molecule is CCCCCCCC(=O)NC[C@H](O)c1ccc2c(c1)OCCO2. The summed E-state index contributed by atoms with van der Waals surface area (Å²) in [6, 6.07) is 5.37. The Labute approximate surface area is 138 Å². The van der Waals surface area contributed by atoms with Crippen LogP contribution in [0.25, 0.3) is 0 Å². The van der Waals surface area contributed by atoms with Crippen molar-refractivity contribution >= 4 is 5.91 Å². The van der Waals surface area contributed by atoms with E-state index in [-0.39, 0.29) is 12.5 Å². The van der Waals surface area contributed by atoms with E-state index in [1.54, 1.807) is 18.2 Å². The topological polar surface area (TPSA) is 67.8 Å². The molecule has 0 saturated carbocycles. The fourth-order valence-corrected chi connectivity index (χ4v) is 2.57. The van der Waals surface area contributed by atoms with Crippen molar-refractivity contribution in [2.24, 2.45) is 0 Å². The Bertz CT molecular complexity index is 504. The predicted molar refractivity (Wildman–Crippen MR) is 88.8 cm³/mol. The van der Waals surface area contributed by atoms with E-state index in [1.807, 2.05) is 0 Å². The van der Waals surface area contributed by atoms with E-state index in [9.17, 15) is 9.90 Å². The van der Waals surface area contributed by atoms with Gasteiger partial charge < -0.3 is 19.9 Å². The molecule has 5 nitrogen and oxygen atoms in total. The molecule has 0 aromatic heterocycles. The molecule has 1 amide bonds. The Morgan fingerprint density at radius 2 is 1.91 bits per heavy atom. The number of aliphatic hydroxyl groups is 1. The van der Waals surface area contributed by atoms with Crippen molar-refractivity contribution in [3.8, 4) is 11.5 Å². The van der Waals surface area contributed by atoms with Gasteiger partial charge in [0, 0.05) is 13.0 Å². The number of unbranched alkanes of at least 4 members (excludes halogenated alkanes) is 4. The molecular formula is C18H27NO4. The minimum atomic E-state index is -0.741. The third-order valence-corrected chi connectivity index (χ3v) is 3.95. The molecule has 1 aromatic rings. The van der Waals surface area contributed by atoms with Gasteiger partial charge in [-0.25, -0.2) is 0 Å². The van der Waals surface area contributed by atoms with E-state index >= 15 is 0 Å².